The molecule has 1 nitrogen and oxygen atoms in total. The molecule has 9 rings (SSSR count). The highest BCUT2D eigenvalue weighted by Crippen LogP contribution is 2.59. The fourth-order valence-corrected chi connectivity index (χ4v) is 9.11. The van der Waals surface area contributed by atoms with Crippen molar-refractivity contribution < 1.29 is 0 Å². The Hall–Kier alpha value is -2.93. The van der Waals surface area contributed by atoms with Crippen LogP contribution in [0.3, 0.4) is 0 Å². The fourth-order valence-electron chi connectivity index (χ4n) is 9.11. The first-order valence-corrected chi connectivity index (χ1v) is 15.6. The SMILES string of the molecule is Cc1cc(-c2ccc3c(c2)C(C)CC2CC(=CC3C)C2)ncc1-c1ccc2c(c1)C(C)C=C1CC3CC2CC13. The highest BCUT2D eigenvalue weighted by Gasteiger charge is 2.46. The van der Waals surface area contributed by atoms with Crippen molar-refractivity contribution in [3.63, 3.8) is 0 Å². The van der Waals surface area contributed by atoms with Crippen LogP contribution in [-0.2, 0) is 0 Å². The summed E-state index contributed by atoms with van der Waals surface area (Å²) in [6, 6.07) is 16.8. The second-order valence-electron chi connectivity index (χ2n) is 13.9. The Bertz CT molecular complexity index is 1540. The summed E-state index contributed by atoms with van der Waals surface area (Å²) in [7, 11) is 0. The van der Waals surface area contributed by atoms with Crippen molar-refractivity contribution in [1.82, 2.24) is 4.98 Å². The topological polar surface area (TPSA) is 12.9 Å². The minimum absolute atomic E-state index is 0.499. The third-order valence-corrected chi connectivity index (χ3v) is 11.3. The van der Waals surface area contributed by atoms with Gasteiger partial charge < -0.3 is 0 Å². The Morgan fingerprint density at radius 1 is 0.718 bits per heavy atom. The summed E-state index contributed by atoms with van der Waals surface area (Å²) in [6.07, 6.45) is 15.3. The van der Waals surface area contributed by atoms with Crippen LogP contribution < -0.4 is 0 Å². The van der Waals surface area contributed by atoms with Crippen molar-refractivity contribution in [2.24, 2.45) is 17.8 Å². The van der Waals surface area contributed by atoms with Gasteiger partial charge in [-0.15, -0.1) is 0 Å². The first-order chi connectivity index (χ1) is 18.9. The number of rotatable bonds is 2. The highest BCUT2D eigenvalue weighted by molar-refractivity contribution is 5.72. The molecule has 4 bridgehead atoms. The second kappa shape index (κ2) is 8.79. The summed E-state index contributed by atoms with van der Waals surface area (Å²) in [5.41, 5.74) is 15.9. The number of fused-ring (bicyclic) bond motifs is 5. The molecule has 1 aromatic heterocycles. The molecule has 2 aromatic carbocycles. The molecule has 3 saturated carbocycles. The molecule has 0 aliphatic heterocycles. The van der Waals surface area contributed by atoms with Gasteiger partial charge in [0.15, 0.2) is 0 Å². The van der Waals surface area contributed by atoms with Gasteiger partial charge in [0.1, 0.15) is 0 Å². The summed E-state index contributed by atoms with van der Waals surface area (Å²) < 4.78 is 0. The number of aromatic nitrogens is 1. The molecular formula is C38H41N. The van der Waals surface area contributed by atoms with Gasteiger partial charge >= 0.3 is 0 Å². The predicted molar refractivity (Wildman–Crippen MR) is 162 cm³/mol. The van der Waals surface area contributed by atoms with Gasteiger partial charge in [0.25, 0.3) is 0 Å². The number of hydrogen-bond acceptors (Lipinski definition) is 1. The molecule has 198 valence electrons. The highest BCUT2D eigenvalue weighted by atomic mass is 14.7. The monoisotopic (exact) mass is 511 g/mol. The summed E-state index contributed by atoms with van der Waals surface area (Å²) in [6.45, 7) is 9.49. The van der Waals surface area contributed by atoms with Gasteiger partial charge in [0, 0.05) is 17.3 Å². The van der Waals surface area contributed by atoms with Crippen LogP contribution in [-0.4, -0.2) is 4.98 Å². The average Bonchev–Trinajstić information content (AvgIpc) is 3.31. The molecule has 6 aliphatic carbocycles. The first kappa shape index (κ1) is 23.9. The van der Waals surface area contributed by atoms with E-state index < -0.39 is 0 Å². The van der Waals surface area contributed by atoms with E-state index in [0.717, 1.165) is 29.4 Å². The maximum Gasteiger partial charge on any atom is 0.0705 e. The third kappa shape index (κ3) is 3.83. The number of nitrogens with zero attached hydrogens (tertiary/aromatic N) is 1. The van der Waals surface area contributed by atoms with Crippen molar-refractivity contribution in [1.29, 1.82) is 0 Å². The average molecular weight is 512 g/mol. The van der Waals surface area contributed by atoms with Crippen LogP contribution in [0, 0.1) is 24.7 Å². The van der Waals surface area contributed by atoms with Crippen LogP contribution >= 0.6 is 0 Å². The van der Waals surface area contributed by atoms with E-state index >= 15 is 0 Å². The number of aryl methyl sites for hydroxylation is 1. The van der Waals surface area contributed by atoms with E-state index in [0.29, 0.717) is 17.8 Å². The molecule has 39 heavy (non-hydrogen) atoms. The lowest BCUT2D eigenvalue weighted by Crippen LogP contribution is -2.24. The van der Waals surface area contributed by atoms with Crippen molar-refractivity contribution in [2.75, 3.05) is 0 Å². The Morgan fingerprint density at radius 3 is 2.33 bits per heavy atom. The Balaban J connectivity index is 1.13. The Labute approximate surface area is 234 Å². The minimum atomic E-state index is 0.499. The van der Waals surface area contributed by atoms with Crippen LogP contribution in [0.4, 0.5) is 0 Å². The summed E-state index contributed by atoms with van der Waals surface area (Å²) in [5.74, 6) is 5.08. The number of hydrogen-bond donors (Lipinski definition) is 0. The maximum absolute atomic E-state index is 5.06. The fraction of sp³-hybridized carbons (Fsp3) is 0.447. The molecule has 6 atom stereocenters. The summed E-state index contributed by atoms with van der Waals surface area (Å²) >= 11 is 0. The Morgan fingerprint density at radius 2 is 1.49 bits per heavy atom. The Kier molecular flexibility index (Phi) is 5.39. The second-order valence-corrected chi connectivity index (χ2v) is 13.9. The lowest BCUT2D eigenvalue weighted by molar-refractivity contribution is 0.324. The van der Waals surface area contributed by atoms with Crippen molar-refractivity contribution in [3.05, 3.63) is 99.8 Å². The molecule has 3 fully saturated rings. The van der Waals surface area contributed by atoms with Crippen LogP contribution in [0.15, 0.2) is 72.0 Å². The molecular weight excluding hydrogens is 470 g/mol. The molecule has 1 heteroatoms. The number of benzene rings is 2. The zero-order chi connectivity index (χ0) is 26.4. The van der Waals surface area contributed by atoms with Crippen molar-refractivity contribution in [3.8, 4) is 22.4 Å². The van der Waals surface area contributed by atoms with Gasteiger partial charge in [-0.1, -0.05) is 74.4 Å². The minimum Gasteiger partial charge on any atom is -0.256 e. The van der Waals surface area contributed by atoms with E-state index in [9.17, 15) is 0 Å². The van der Waals surface area contributed by atoms with Crippen LogP contribution in [0.25, 0.3) is 22.4 Å². The maximum atomic E-state index is 5.06. The zero-order valence-corrected chi connectivity index (χ0v) is 24.0. The molecule has 0 amide bonds. The van der Waals surface area contributed by atoms with Crippen molar-refractivity contribution in [2.45, 2.75) is 89.9 Å². The van der Waals surface area contributed by atoms with E-state index in [4.69, 9.17) is 4.98 Å². The molecule has 3 aromatic rings. The molecule has 0 spiro atoms. The molecule has 6 aliphatic rings. The van der Waals surface area contributed by atoms with E-state index in [1.807, 2.05) is 0 Å². The third-order valence-electron chi connectivity index (χ3n) is 11.3. The normalized spacial score (nSPS) is 32.1. The summed E-state index contributed by atoms with van der Waals surface area (Å²) in [4.78, 5) is 5.06. The molecule has 6 unspecified atom stereocenters. The molecule has 0 saturated heterocycles. The van der Waals surface area contributed by atoms with Crippen LogP contribution in [0.2, 0.25) is 0 Å². The first-order valence-electron chi connectivity index (χ1n) is 15.6. The van der Waals surface area contributed by atoms with Gasteiger partial charge in [-0.3, -0.25) is 4.98 Å². The molecule has 0 radical (unpaired) electrons. The van der Waals surface area contributed by atoms with Gasteiger partial charge in [-0.25, -0.2) is 0 Å². The number of pyridine rings is 1. The predicted octanol–water partition coefficient (Wildman–Crippen LogP) is 10.2. The van der Waals surface area contributed by atoms with E-state index in [-0.39, 0.29) is 0 Å². The summed E-state index contributed by atoms with van der Waals surface area (Å²) in [5, 5.41) is 0. The quantitative estimate of drug-likeness (QED) is 0.312. The van der Waals surface area contributed by atoms with Crippen LogP contribution in [0.5, 0.6) is 0 Å². The van der Waals surface area contributed by atoms with E-state index in [1.54, 1.807) is 22.3 Å². The van der Waals surface area contributed by atoms with Gasteiger partial charge in [0.05, 0.1) is 5.69 Å². The zero-order valence-electron chi connectivity index (χ0n) is 24.0. The standard InChI is InChI=1S/C38H41N/c1-21-9-25-13-26(14-25)10-22(2)34-18-28(6-7-32(21)34)38-12-24(4)37(20-39-38)27-5-8-33-31-16-30-15-29(36(30)19-31)11-23(3)35(33)17-27/h5-9,11-12,17-18,20-23,26,30-31,36H,10,13-16,19H2,1-4H3. The van der Waals surface area contributed by atoms with Crippen molar-refractivity contribution >= 4 is 0 Å². The van der Waals surface area contributed by atoms with E-state index in [2.05, 4.69) is 88.5 Å². The van der Waals surface area contributed by atoms with Gasteiger partial charge in [-0.05, 0) is 132 Å². The van der Waals surface area contributed by atoms with E-state index in [1.165, 1.54) is 71.9 Å². The van der Waals surface area contributed by atoms with Crippen LogP contribution in [0.1, 0.15) is 111 Å². The largest absolute Gasteiger partial charge is 0.256 e. The smallest absolute Gasteiger partial charge is 0.0705 e. The molecule has 1 heterocycles. The lowest BCUT2D eigenvalue weighted by Gasteiger charge is -2.35. The van der Waals surface area contributed by atoms with Gasteiger partial charge in [-0.2, -0.15) is 0 Å². The number of allylic oxidation sites excluding steroid dienone is 4. The van der Waals surface area contributed by atoms with Gasteiger partial charge in [0.2, 0.25) is 0 Å². The lowest BCUT2D eigenvalue weighted by atomic mass is 9.70. The molecule has 0 N–H and O–H groups in total.